The van der Waals surface area contributed by atoms with Gasteiger partial charge in [-0.15, -0.1) is 4.91 Å². The van der Waals surface area contributed by atoms with E-state index in [-0.39, 0.29) is 5.57 Å². The lowest BCUT2D eigenvalue weighted by Gasteiger charge is -2.22. The van der Waals surface area contributed by atoms with Gasteiger partial charge in [0.25, 0.3) is 0 Å². The van der Waals surface area contributed by atoms with Gasteiger partial charge in [0.2, 0.25) is 5.96 Å². The summed E-state index contributed by atoms with van der Waals surface area (Å²) in [5, 5.41) is 2.32. The Kier molecular flexibility index (Phi) is 2.02. The summed E-state index contributed by atoms with van der Waals surface area (Å²) in [5.74, 6) is -0.308. The Labute approximate surface area is 79.3 Å². The Hall–Kier alpha value is -2.11. The number of guanidine groups is 1. The highest BCUT2D eigenvalue weighted by atomic mass is 16.3. The topological polar surface area (TPSA) is 74.5 Å². The summed E-state index contributed by atoms with van der Waals surface area (Å²) in [7, 11) is 0. The van der Waals surface area contributed by atoms with Crippen molar-refractivity contribution in [2.75, 3.05) is 6.54 Å². The summed E-state index contributed by atoms with van der Waals surface area (Å²) in [6.45, 7) is 0.589. The van der Waals surface area contributed by atoms with Crippen LogP contribution in [0.4, 0.5) is 0 Å². The van der Waals surface area contributed by atoms with Crippen molar-refractivity contribution in [2.45, 2.75) is 0 Å². The molecular formula is C8H6N4O2. The van der Waals surface area contributed by atoms with Crippen LogP contribution >= 0.6 is 0 Å². The van der Waals surface area contributed by atoms with Gasteiger partial charge in [-0.1, -0.05) is 0 Å². The predicted molar refractivity (Wildman–Crippen MR) is 50.7 cm³/mol. The zero-order chi connectivity index (χ0) is 9.97. The maximum absolute atomic E-state index is 10.9. The number of rotatable bonds is 1. The molecule has 0 fully saturated rings. The van der Waals surface area contributed by atoms with E-state index in [1.165, 1.54) is 12.4 Å². The molecule has 0 saturated heterocycles. The van der Waals surface area contributed by atoms with Gasteiger partial charge >= 0.3 is 5.91 Å². The van der Waals surface area contributed by atoms with Crippen LogP contribution in [0, 0.1) is 4.91 Å². The summed E-state index contributed by atoms with van der Waals surface area (Å²) >= 11 is 0. The number of hydrogen-bond acceptors (Lipinski definition) is 5. The van der Waals surface area contributed by atoms with Gasteiger partial charge in [-0.05, 0) is 6.08 Å². The van der Waals surface area contributed by atoms with Crippen LogP contribution in [-0.2, 0) is 4.79 Å². The Morgan fingerprint density at radius 3 is 3.21 bits per heavy atom. The average molecular weight is 190 g/mol. The van der Waals surface area contributed by atoms with Crippen LogP contribution in [0.1, 0.15) is 0 Å². The van der Waals surface area contributed by atoms with Crippen molar-refractivity contribution in [1.29, 1.82) is 0 Å². The molecule has 0 radical (unpaired) electrons. The molecule has 70 valence electrons. The summed E-state index contributed by atoms with van der Waals surface area (Å²) in [5.41, 5.74) is 0.175. The molecule has 6 heteroatoms. The zero-order valence-electron chi connectivity index (χ0n) is 7.12. The molecule has 0 N–H and O–H groups in total. The lowest BCUT2D eigenvalue weighted by atomic mass is 10.2. The first-order chi connectivity index (χ1) is 6.81. The molecule has 0 aromatic rings. The third-order valence-corrected chi connectivity index (χ3v) is 1.80. The Bertz CT molecular complexity index is 406. The largest absolute Gasteiger partial charge is 0.319 e. The van der Waals surface area contributed by atoms with E-state index in [0.29, 0.717) is 12.5 Å². The predicted octanol–water partition coefficient (Wildman–Crippen LogP) is 0.433. The Balaban J connectivity index is 2.28. The first kappa shape index (κ1) is 8.49. The molecule has 0 unspecified atom stereocenters. The minimum absolute atomic E-state index is 0.175. The van der Waals surface area contributed by atoms with Gasteiger partial charge in [0.05, 0.1) is 5.57 Å². The molecule has 2 rings (SSSR count). The molecule has 2 heterocycles. The fourth-order valence-corrected chi connectivity index (χ4v) is 1.15. The van der Waals surface area contributed by atoms with Crippen molar-refractivity contribution in [3.8, 4) is 0 Å². The van der Waals surface area contributed by atoms with Crippen LogP contribution in [-0.4, -0.2) is 29.5 Å². The van der Waals surface area contributed by atoms with E-state index in [4.69, 9.17) is 0 Å². The monoisotopic (exact) mass is 190 g/mol. The zero-order valence-corrected chi connectivity index (χ0v) is 7.12. The molecule has 2 aliphatic heterocycles. The molecule has 0 spiro atoms. The maximum atomic E-state index is 10.9. The molecule has 0 aliphatic carbocycles. The molecule has 0 atom stereocenters. The van der Waals surface area contributed by atoms with Crippen molar-refractivity contribution in [3.63, 3.8) is 0 Å². The van der Waals surface area contributed by atoms with E-state index in [1.807, 2.05) is 6.08 Å². The van der Waals surface area contributed by atoms with Crippen LogP contribution < -0.4 is 0 Å². The lowest BCUT2D eigenvalue weighted by Crippen LogP contribution is -2.30. The van der Waals surface area contributed by atoms with Crippen LogP contribution in [0.2, 0.25) is 0 Å². The van der Waals surface area contributed by atoms with Crippen molar-refractivity contribution < 1.29 is 4.79 Å². The molecule has 0 bridgehead atoms. The summed E-state index contributed by atoms with van der Waals surface area (Å²) in [4.78, 5) is 30.5. The molecule has 0 aromatic heterocycles. The standard InChI is InChI=1S/C8H6N4O2/c13-7(11-14)6-4-10-8-9-2-1-3-12(8)5-6/h1-2,4-5H,3H2. The van der Waals surface area contributed by atoms with E-state index in [9.17, 15) is 9.70 Å². The van der Waals surface area contributed by atoms with Crippen LogP contribution in [0.5, 0.6) is 0 Å². The highest BCUT2D eigenvalue weighted by molar-refractivity contribution is 6.16. The molecule has 6 nitrogen and oxygen atoms in total. The van der Waals surface area contributed by atoms with Crippen molar-refractivity contribution in [2.24, 2.45) is 15.2 Å². The van der Waals surface area contributed by atoms with Crippen molar-refractivity contribution >= 4 is 18.1 Å². The van der Waals surface area contributed by atoms with Gasteiger partial charge in [0.15, 0.2) is 0 Å². The highest BCUT2D eigenvalue weighted by Gasteiger charge is 2.18. The van der Waals surface area contributed by atoms with Gasteiger partial charge in [0.1, 0.15) is 0 Å². The molecule has 0 aromatic carbocycles. The number of aliphatic imine (C=N–C) groups is 2. The fraction of sp³-hybridized carbons (Fsp3) is 0.125. The van der Waals surface area contributed by atoms with Gasteiger partial charge < -0.3 is 4.90 Å². The normalized spacial score (nSPS) is 18.4. The molecule has 2 aliphatic rings. The lowest BCUT2D eigenvalue weighted by molar-refractivity contribution is -0.114. The minimum atomic E-state index is -0.817. The number of nitroso groups, excluding NO2 is 1. The van der Waals surface area contributed by atoms with Gasteiger partial charge in [-0.3, -0.25) is 4.79 Å². The van der Waals surface area contributed by atoms with E-state index in [1.54, 1.807) is 11.1 Å². The SMILES string of the molecule is O=NC(=O)C1=CN2CC=CN=C2N=C1. The summed E-state index contributed by atoms with van der Waals surface area (Å²) in [6.07, 6.45) is 6.26. The van der Waals surface area contributed by atoms with E-state index in [2.05, 4.69) is 15.2 Å². The second kappa shape index (κ2) is 3.33. The number of carbonyl (C=O) groups is 1. The van der Waals surface area contributed by atoms with Crippen LogP contribution in [0.25, 0.3) is 0 Å². The first-order valence-electron chi connectivity index (χ1n) is 3.94. The van der Waals surface area contributed by atoms with Crippen molar-refractivity contribution in [1.82, 2.24) is 4.90 Å². The molecule has 0 saturated carbocycles. The first-order valence-corrected chi connectivity index (χ1v) is 3.94. The molecule has 1 amide bonds. The third kappa shape index (κ3) is 1.37. The quantitative estimate of drug-likeness (QED) is 0.563. The fourth-order valence-electron chi connectivity index (χ4n) is 1.15. The molecular weight excluding hydrogens is 184 g/mol. The number of amides is 1. The van der Waals surface area contributed by atoms with Gasteiger partial charge in [0, 0.05) is 30.3 Å². The third-order valence-electron chi connectivity index (χ3n) is 1.80. The molecule has 14 heavy (non-hydrogen) atoms. The summed E-state index contributed by atoms with van der Waals surface area (Å²) < 4.78 is 0. The minimum Gasteiger partial charge on any atom is -0.312 e. The highest BCUT2D eigenvalue weighted by Crippen LogP contribution is 2.10. The van der Waals surface area contributed by atoms with E-state index in [0.717, 1.165) is 0 Å². The van der Waals surface area contributed by atoms with E-state index >= 15 is 0 Å². The smallest absolute Gasteiger partial charge is 0.312 e. The maximum Gasteiger partial charge on any atom is 0.319 e. The van der Waals surface area contributed by atoms with Crippen molar-refractivity contribution in [3.05, 3.63) is 29.0 Å². The Morgan fingerprint density at radius 1 is 1.57 bits per heavy atom. The van der Waals surface area contributed by atoms with Gasteiger partial charge in [-0.25, -0.2) is 9.98 Å². The van der Waals surface area contributed by atoms with Gasteiger partial charge in [-0.2, -0.15) is 0 Å². The van der Waals surface area contributed by atoms with E-state index < -0.39 is 5.91 Å². The van der Waals surface area contributed by atoms with Crippen LogP contribution in [0.3, 0.4) is 0 Å². The number of nitrogens with zero attached hydrogens (tertiary/aromatic N) is 4. The Morgan fingerprint density at radius 2 is 2.43 bits per heavy atom. The van der Waals surface area contributed by atoms with Crippen LogP contribution in [0.15, 0.2) is 39.2 Å². The number of fused-ring (bicyclic) bond motifs is 1. The average Bonchev–Trinajstić information content (AvgIpc) is 2.27. The number of hydrogen-bond donors (Lipinski definition) is 0. The summed E-state index contributed by atoms with van der Waals surface area (Å²) in [6, 6.07) is 0. The second-order valence-electron chi connectivity index (χ2n) is 2.71. The number of carbonyl (C=O) groups excluding carboxylic acids is 1. The second-order valence-corrected chi connectivity index (χ2v) is 2.71.